The molecule has 0 aliphatic carbocycles. The van der Waals surface area contributed by atoms with Crippen LogP contribution < -0.4 is 9.13 Å². The molecular formula is C26H30N2O6S2+2. The first-order valence-corrected chi connectivity index (χ1v) is 13.8. The lowest BCUT2D eigenvalue weighted by Gasteiger charge is -1.95. The summed E-state index contributed by atoms with van der Waals surface area (Å²) in [5.41, 5.74) is 1.91. The van der Waals surface area contributed by atoms with Gasteiger partial charge in [0.1, 0.15) is 0 Å². The van der Waals surface area contributed by atoms with E-state index in [1.165, 1.54) is 24.3 Å². The van der Waals surface area contributed by atoms with Gasteiger partial charge in [-0.05, 0) is 38.1 Å². The van der Waals surface area contributed by atoms with Gasteiger partial charge in [0.05, 0.1) is 9.79 Å². The third-order valence-electron chi connectivity index (χ3n) is 4.81. The van der Waals surface area contributed by atoms with Crippen molar-refractivity contribution in [2.45, 2.75) is 36.7 Å². The summed E-state index contributed by atoms with van der Waals surface area (Å²) in [6.45, 7) is 5.70. The maximum Gasteiger partial charge on any atom is 0.294 e. The Morgan fingerprint density at radius 3 is 1.06 bits per heavy atom. The molecule has 2 aromatic heterocycles. The summed E-state index contributed by atoms with van der Waals surface area (Å²) >= 11 is 0. The van der Waals surface area contributed by atoms with Gasteiger partial charge < -0.3 is 0 Å². The molecule has 4 aromatic rings. The topological polar surface area (TPSA) is 116 Å². The molecule has 0 bridgehead atoms. The predicted molar refractivity (Wildman–Crippen MR) is 135 cm³/mol. The average molecular weight is 531 g/mol. The second-order valence-electron chi connectivity index (χ2n) is 7.80. The van der Waals surface area contributed by atoms with Crippen molar-refractivity contribution < 1.29 is 35.1 Å². The molecule has 0 spiro atoms. The van der Waals surface area contributed by atoms with Gasteiger partial charge in [-0.15, -0.1) is 0 Å². The van der Waals surface area contributed by atoms with Crippen LogP contribution in [0.3, 0.4) is 0 Å². The lowest BCUT2D eigenvalue weighted by atomic mass is 10.2. The van der Waals surface area contributed by atoms with Crippen LogP contribution in [0.1, 0.15) is 11.1 Å². The first-order chi connectivity index (χ1) is 16.9. The highest BCUT2D eigenvalue weighted by Crippen LogP contribution is 2.09. The van der Waals surface area contributed by atoms with Gasteiger partial charge in [0.2, 0.25) is 13.1 Å². The Bertz CT molecular complexity index is 1300. The highest BCUT2D eigenvalue weighted by molar-refractivity contribution is 7.86. The van der Waals surface area contributed by atoms with E-state index in [1.807, 2.05) is 26.0 Å². The maximum absolute atomic E-state index is 10.5. The van der Waals surface area contributed by atoms with Crippen LogP contribution in [-0.4, -0.2) is 25.9 Å². The van der Waals surface area contributed by atoms with E-state index in [2.05, 4.69) is 58.2 Å². The summed E-state index contributed by atoms with van der Waals surface area (Å²) < 4.78 is 63.5. The largest absolute Gasteiger partial charge is 0.294 e. The molecule has 0 unspecified atom stereocenters. The van der Waals surface area contributed by atoms with Crippen molar-refractivity contribution in [1.82, 2.24) is 0 Å². The van der Waals surface area contributed by atoms with E-state index in [1.54, 1.807) is 24.3 Å². The highest BCUT2D eigenvalue weighted by Gasteiger charge is 2.07. The second kappa shape index (κ2) is 13.6. The Kier molecular flexibility index (Phi) is 10.9. The fraction of sp³-hybridized carbons (Fsp3) is 0.154. The van der Waals surface area contributed by atoms with E-state index in [0.29, 0.717) is 0 Å². The number of hydrogen-bond donors (Lipinski definition) is 2. The van der Waals surface area contributed by atoms with Crippen molar-refractivity contribution in [2.24, 2.45) is 0 Å². The van der Waals surface area contributed by atoms with Crippen molar-refractivity contribution in [3.05, 3.63) is 121 Å². The highest BCUT2D eigenvalue weighted by atomic mass is 32.2. The zero-order valence-corrected chi connectivity index (χ0v) is 21.7. The molecule has 10 heteroatoms. The maximum atomic E-state index is 10.5. The summed E-state index contributed by atoms with van der Waals surface area (Å²) in [6, 6.07) is 24.2. The molecule has 0 aliphatic heterocycles. The molecule has 2 aromatic carbocycles. The molecule has 0 saturated carbocycles. The number of hydrogen-bond acceptors (Lipinski definition) is 4. The Morgan fingerprint density at radius 2 is 0.806 bits per heavy atom. The van der Waals surface area contributed by atoms with Gasteiger partial charge in [-0.3, -0.25) is 9.11 Å². The monoisotopic (exact) mass is 530 g/mol. The van der Waals surface area contributed by atoms with Crippen LogP contribution in [0.15, 0.2) is 120 Å². The molecule has 2 heterocycles. The molecule has 0 radical (unpaired) electrons. The van der Waals surface area contributed by atoms with Gasteiger partial charge in [0, 0.05) is 24.3 Å². The summed E-state index contributed by atoms with van der Waals surface area (Å²) in [6.07, 6.45) is 8.35. The van der Waals surface area contributed by atoms with Crippen LogP contribution in [0.5, 0.6) is 0 Å². The molecule has 8 nitrogen and oxygen atoms in total. The fourth-order valence-corrected chi connectivity index (χ4v) is 3.78. The minimum Gasteiger partial charge on any atom is -0.282 e. The second-order valence-corrected chi connectivity index (χ2v) is 10.6. The summed E-state index contributed by atoms with van der Waals surface area (Å²) in [4.78, 5) is -0.133. The van der Waals surface area contributed by atoms with Gasteiger partial charge in [0.15, 0.2) is 24.8 Å². The zero-order valence-electron chi connectivity index (χ0n) is 20.0. The van der Waals surface area contributed by atoms with Crippen LogP contribution in [0.25, 0.3) is 0 Å². The Balaban J connectivity index is 0.000000193. The number of aryl methyl sites for hydroxylation is 4. The Morgan fingerprint density at radius 1 is 0.528 bits per heavy atom. The van der Waals surface area contributed by atoms with Crippen LogP contribution >= 0.6 is 0 Å². The minimum atomic E-state index is -4.02. The fourth-order valence-electron chi connectivity index (χ4n) is 2.82. The van der Waals surface area contributed by atoms with Gasteiger partial charge in [-0.2, -0.15) is 26.0 Å². The summed E-state index contributed by atoms with van der Waals surface area (Å²) in [5.74, 6) is 0. The molecule has 36 heavy (non-hydrogen) atoms. The smallest absolute Gasteiger partial charge is 0.282 e. The third-order valence-corrected chi connectivity index (χ3v) is 6.54. The number of rotatable bonds is 5. The van der Waals surface area contributed by atoms with Crippen LogP contribution in [-0.2, 0) is 33.3 Å². The normalized spacial score (nSPS) is 10.9. The average Bonchev–Trinajstić information content (AvgIpc) is 2.84. The van der Waals surface area contributed by atoms with E-state index in [0.717, 1.165) is 24.2 Å². The van der Waals surface area contributed by atoms with Crippen LogP contribution in [0.2, 0.25) is 0 Å². The summed E-state index contributed by atoms with van der Waals surface area (Å²) in [7, 11) is -8.04. The number of pyridine rings is 2. The van der Waals surface area contributed by atoms with Crippen LogP contribution in [0.4, 0.5) is 0 Å². The molecule has 2 N–H and O–H groups in total. The van der Waals surface area contributed by atoms with Crippen LogP contribution in [0, 0.1) is 13.8 Å². The van der Waals surface area contributed by atoms with E-state index < -0.39 is 20.2 Å². The van der Waals surface area contributed by atoms with Gasteiger partial charge in [0.25, 0.3) is 20.2 Å². The molecular weight excluding hydrogens is 500 g/mol. The molecule has 0 aliphatic rings. The Labute approximate surface area is 212 Å². The summed E-state index contributed by atoms with van der Waals surface area (Å²) in [5, 5.41) is 0. The quantitative estimate of drug-likeness (QED) is 0.302. The SMILES string of the molecule is Cc1ccc(S(=O)(=O)O)cc1.Cc1ccc(S(=O)(=O)O)cc1.c1cc[n+](CC[n+]2ccccc2)cc1. The zero-order chi connectivity index (χ0) is 26.6. The molecule has 0 saturated heterocycles. The van der Waals surface area contributed by atoms with Crippen molar-refractivity contribution in [3.63, 3.8) is 0 Å². The van der Waals surface area contributed by atoms with Gasteiger partial charge >= 0.3 is 0 Å². The third kappa shape index (κ3) is 10.9. The van der Waals surface area contributed by atoms with E-state index >= 15 is 0 Å². The van der Waals surface area contributed by atoms with Crippen molar-refractivity contribution in [3.8, 4) is 0 Å². The standard InChI is InChI=1S/C12H14N2.2C7H8O3S/c1-3-7-13(8-4-1)11-12-14-9-5-2-6-10-14;2*1-6-2-4-7(5-3-6)11(8,9)10/h1-10H,11-12H2;2*2-5H,1H3,(H,8,9,10)/q+2;;. The predicted octanol–water partition coefficient (Wildman–Crippen LogP) is 3.45. The minimum absolute atomic E-state index is 0.0666. The van der Waals surface area contributed by atoms with Crippen molar-refractivity contribution >= 4 is 20.2 Å². The lowest BCUT2D eigenvalue weighted by molar-refractivity contribution is -0.778. The molecule has 190 valence electrons. The van der Waals surface area contributed by atoms with Gasteiger partial charge in [-0.25, -0.2) is 0 Å². The number of benzene rings is 2. The van der Waals surface area contributed by atoms with Crippen molar-refractivity contribution in [1.29, 1.82) is 0 Å². The number of aromatic nitrogens is 2. The van der Waals surface area contributed by atoms with Gasteiger partial charge in [-0.1, -0.05) is 47.5 Å². The lowest BCUT2D eigenvalue weighted by Crippen LogP contribution is -2.43. The first kappa shape index (κ1) is 28.8. The first-order valence-electron chi connectivity index (χ1n) is 10.9. The molecule has 0 fully saturated rings. The van der Waals surface area contributed by atoms with E-state index in [4.69, 9.17) is 9.11 Å². The molecule has 0 atom stereocenters. The molecule has 4 rings (SSSR count). The Hall–Kier alpha value is -3.44. The van der Waals surface area contributed by atoms with Crippen molar-refractivity contribution in [2.75, 3.05) is 0 Å². The van der Waals surface area contributed by atoms with E-state index in [-0.39, 0.29) is 9.79 Å². The molecule has 0 amide bonds. The van der Waals surface area contributed by atoms with E-state index in [9.17, 15) is 16.8 Å². The number of nitrogens with zero attached hydrogens (tertiary/aromatic N) is 2.